The summed E-state index contributed by atoms with van der Waals surface area (Å²) in [4.78, 5) is 10.5. The van der Waals surface area contributed by atoms with Crippen LogP contribution in [0.3, 0.4) is 0 Å². The quantitative estimate of drug-likeness (QED) is 0.439. The van der Waals surface area contributed by atoms with E-state index in [1.165, 1.54) is 0 Å². The maximum atomic E-state index is 10.5. The molecule has 1 aliphatic rings. The van der Waals surface area contributed by atoms with Crippen molar-refractivity contribution in [1.29, 1.82) is 0 Å². The average molecular weight is 160 g/mol. The Morgan fingerprint density at radius 2 is 1.73 bits per heavy atom. The van der Waals surface area contributed by atoms with E-state index >= 15 is 0 Å². The molecule has 0 radical (unpaired) electrons. The monoisotopic (exact) mass is 160 g/mol. The van der Waals surface area contributed by atoms with E-state index in [1.54, 1.807) is 0 Å². The lowest BCUT2D eigenvalue weighted by Crippen LogP contribution is -1.78. The fraction of sp³-hybridized carbons (Fsp3) is 0.125. The second-order valence-corrected chi connectivity index (χ2v) is 2.23. The number of hydrogen-bond donors (Lipinski definition) is 0. The molecule has 0 saturated carbocycles. The zero-order valence-corrected chi connectivity index (χ0v) is 5.28. The van der Waals surface area contributed by atoms with E-state index in [0.29, 0.717) is 0 Å². The Balaban J connectivity index is 0.000000605. The highest BCUT2D eigenvalue weighted by Gasteiger charge is 2.39. The molecule has 11 heavy (non-hydrogen) atoms. The second kappa shape index (κ2) is 3.24. The third-order valence-corrected chi connectivity index (χ3v) is 1.49. The summed E-state index contributed by atoms with van der Waals surface area (Å²) in [5.41, 5.74) is 0.951. The Morgan fingerprint density at radius 3 is 2.18 bits per heavy atom. The van der Waals surface area contributed by atoms with E-state index in [-0.39, 0.29) is 35.1 Å². The molecule has 1 saturated heterocycles. The van der Waals surface area contributed by atoms with Crippen LogP contribution in [0.5, 0.6) is 0 Å². The summed E-state index contributed by atoms with van der Waals surface area (Å²) in [5, 5.41) is 0. The number of epoxide rings is 1. The predicted octanol–water partition coefficient (Wildman–Crippen LogP) is 0.368. The van der Waals surface area contributed by atoms with Gasteiger partial charge in [-0.3, -0.25) is 0 Å². The van der Waals surface area contributed by atoms with Crippen molar-refractivity contribution in [2.45, 2.75) is 6.10 Å². The van der Waals surface area contributed by atoms with E-state index in [2.05, 4.69) is 4.74 Å². The van der Waals surface area contributed by atoms with Crippen LogP contribution in [0.15, 0.2) is 30.3 Å². The summed E-state index contributed by atoms with van der Waals surface area (Å²) >= 11 is 0. The van der Waals surface area contributed by atoms with Crippen LogP contribution in [-0.4, -0.2) is 29.0 Å². The van der Waals surface area contributed by atoms with Gasteiger partial charge in [0.1, 0.15) is 0 Å². The number of carbonyl (C=O) groups excluding carboxylic acids is 1. The predicted molar refractivity (Wildman–Crippen MR) is 43.8 cm³/mol. The highest BCUT2D eigenvalue weighted by Crippen LogP contribution is 2.30. The van der Waals surface area contributed by atoms with E-state index in [4.69, 9.17) is 0 Å². The number of ether oxygens (including phenoxy) is 1. The Hall–Kier alpha value is -0.544. The van der Waals surface area contributed by atoms with Gasteiger partial charge >= 0.3 is 29.0 Å². The maximum Gasteiger partial charge on any atom is 0.353 e. The largest absolute Gasteiger partial charge is 0.442 e. The number of carbonyl (C=O) groups is 1. The lowest BCUT2D eigenvalue weighted by Gasteiger charge is -1.87. The van der Waals surface area contributed by atoms with Crippen LogP contribution in [0.2, 0.25) is 0 Å². The summed E-state index contributed by atoms with van der Waals surface area (Å²) in [7, 11) is 0. The van der Waals surface area contributed by atoms with E-state index in [1.807, 2.05) is 30.3 Å². The molecule has 0 N–H and O–H groups in total. The van der Waals surface area contributed by atoms with Crippen molar-refractivity contribution in [2.75, 3.05) is 0 Å². The Kier molecular flexibility index (Phi) is 2.52. The number of benzene rings is 1. The smallest absolute Gasteiger partial charge is 0.353 e. The fourth-order valence-corrected chi connectivity index (χ4v) is 0.914. The maximum absolute atomic E-state index is 10.5. The minimum absolute atomic E-state index is 0. The van der Waals surface area contributed by atoms with Crippen molar-refractivity contribution < 1.29 is 9.53 Å². The first-order chi connectivity index (χ1) is 4.88. The van der Waals surface area contributed by atoms with Gasteiger partial charge in [0.25, 0.3) is 0 Å². The average Bonchev–Trinajstić information content (AvgIpc) is 2.69. The van der Waals surface area contributed by atoms with Crippen molar-refractivity contribution >= 4 is 29.0 Å². The minimum Gasteiger partial charge on any atom is -0.442 e. The molecule has 0 amide bonds. The molecule has 3 heteroatoms. The third-order valence-electron chi connectivity index (χ3n) is 1.49. The van der Waals surface area contributed by atoms with Crippen LogP contribution in [0, 0.1) is 0 Å². The van der Waals surface area contributed by atoms with Gasteiger partial charge < -0.3 is 4.74 Å². The highest BCUT2D eigenvalue weighted by molar-refractivity contribution is 5.88. The second-order valence-electron chi connectivity index (χ2n) is 2.23. The molecule has 0 aliphatic carbocycles. The van der Waals surface area contributed by atoms with Crippen molar-refractivity contribution in [3.05, 3.63) is 35.9 Å². The standard InChI is InChI=1S/C8H6O2.Mg.2H/c9-8-7(10-8)6-4-2-1-3-5-6;;;/h1-5,7H;;;. The Labute approximate surface area is 80.7 Å². The molecule has 1 aromatic rings. The van der Waals surface area contributed by atoms with Gasteiger partial charge in [-0.2, -0.15) is 0 Å². The van der Waals surface area contributed by atoms with Crippen LogP contribution in [0.25, 0.3) is 0 Å². The molecule has 2 nitrogen and oxygen atoms in total. The SMILES string of the molecule is O=C1OC1c1ccccc1.[MgH2]. The third kappa shape index (κ3) is 1.73. The molecule has 1 fully saturated rings. The van der Waals surface area contributed by atoms with Gasteiger partial charge in [0.2, 0.25) is 6.10 Å². The van der Waals surface area contributed by atoms with Gasteiger partial charge in [0.05, 0.1) is 0 Å². The fourth-order valence-electron chi connectivity index (χ4n) is 0.914. The van der Waals surface area contributed by atoms with Crippen molar-refractivity contribution in [3.8, 4) is 0 Å². The van der Waals surface area contributed by atoms with E-state index < -0.39 is 0 Å². The highest BCUT2D eigenvalue weighted by atomic mass is 24.3. The molecule has 1 aromatic carbocycles. The number of cyclic esters (lactones) is 1. The minimum atomic E-state index is -0.263. The van der Waals surface area contributed by atoms with E-state index in [9.17, 15) is 4.79 Å². The molecule has 0 spiro atoms. The number of rotatable bonds is 1. The van der Waals surface area contributed by atoms with Gasteiger partial charge in [-0.1, -0.05) is 30.3 Å². The van der Waals surface area contributed by atoms with Gasteiger partial charge in [-0.05, 0) is 0 Å². The first kappa shape index (κ1) is 8.55. The van der Waals surface area contributed by atoms with E-state index in [0.717, 1.165) is 5.56 Å². The van der Waals surface area contributed by atoms with Gasteiger partial charge in [-0.25, -0.2) is 4.79 Å². The normalized spacial score (nSPS) is 20.0. The van der Waals surface area contributed by atoms with Gasteiger partial charge in [0, 0.05) is 5.56 Å². The first-order valence-electron chi connectivity index (χ1n) is 3.13. The van der Waals surface area contributed by atoms with Crippen LogP contribution in [0.1, 0.15) is 11.7 Å². The lowest BCUT2D eigenvalue weighted by molar-refractivity contribution is -0.117. The molecule has 1 unspecified atom stereocenters. The summed E-state index contributed by atoms with van der Waals surface area (Å²) < 4.78 is 4.66. The molecule has 54 valence electrons. The van der Waals surface area contributed by atoms with Crippen molar-refractivity contribution in [2.24, 2.45) is 0 Å². The summed E-state index contributed by atoms with van der Waals surface area (Å²) in [6.07, 6.45) is -0.263. The topological polar surface area (TPSA) is 29.6 Å². The molecule has 1 aliphatic heterocycles. The molecular formula is C8H8MgO2. The Bertz CT molecular complexity index is 258. The van der Waals surface area contributed by atoms with Crippen molar-refractivity contribution in [1.82, 2.24) is 0 Å². The molecule has 0 bridgehead atoms. The summed E-state index contributed by atoms with van der Waals surface area (Å²) in [5.74, 6) is -0.119. The van der Waals surface area contributed by atoms with Crippen LogP contribution in [-0.2, 0) is 9.53 Å². The van der Waals surface area contributed by atoms with Gasteiger partial charge in [0.15, 0.2) is 0 Å². The molecule has 1 heterocycles. The molecule has 2 rings (SSSR count). The van der Waals surface area contributed by atoms with Crippen LogP contribution in [0.4, 0.5) is 0 Å². The molecule has 1 atom stereocenters. The van der Waals surface area contributed by atoms with Crippen LogP contribution < -0.4 is 0 Å². The summed E-state index contributed by atoms with van der Waals surface area (Å²) in [6.45, 7) is 0. The zero-order valence-electron chi connectivity index (χ0n) is 5.28. The number of hydrogen-bond acceptors (Lipinski definition) is 2. The molecule has 0 aromatic heterocycles. The van der Waals surface area contributed by atoms with Gasteiger partial charge in [-0.15, -0.1) is 0 Å². The molecular weight excluding hydrogens is 152 g/mol. The van der Waals surface area contributed by atoms with Crippen LogP contribution >= 0.6 is 0 Å². The Morgan fingerprint density at radius 1 is 1.18 bits per heavy atom. The lowest BCUT2D eigenvalue weighted by atomic mass is 10.2. The van der Waals surface area contributed by atoms with Crippen molar-refractivity contribution in [3.63, 3.8) is 0 Å². The summed E-state index contributed by atoms with van der Waals surface area (Å²) in [6, 6.07) is 9.47. The zero-order chi connectivity index (χ0) is 6.97. The first-order valence-corrected chi connectivity index (χ1v) is 3.13.